The molecule has 0 heterocycles. The molecule has 3 N–H and O–H groups in total. The van der Waals surface area contributed by atoms with E-state index in [1.54, 1.807) is 12.1 Å². The van der Waals surface area contributed by atoms with Crippen LogP contribution in [0.1, 0.15) is 5.56 Å². The molecule has 0 spiro atoms. The first-order valence-corrected chi connectivity index (χ1v) is 9.07. The minimum atomic E-state index is -3.60. The summed E-state index contributed by atoms with van der Waals surface area (Å²) in [6.07, 6.45) is 0. The first-order chi connectivity index (χ1) is 11.4. The molecule has 0 aromatic heterocycles. The second-order valence-electron chi connectivity index (χ2n) is 5.65. The van der Waals surface area contributed by atoms with Crippen molar-refractivity contribution in [2.24, 2.45) is 0 Å². The third-order valence-corrected chi connectivity index (χ3v) is 4.83. The van der Waals surface area contributed by atoms with E-state index in [1.165, 1.54) is 12.1 Å². The maximum atomic E-state index is 12.3. The van der Waals surface area contributed by atoms with Crippen molar-refractivity contribution in [3.63, 3.8) is 0 Å². The minimum Gasteiger partial charge on any atom is -0.492 e. The number of nitrogens with one attached hydrogen (secondary N) is 1. The molecule has 0 saturated carbocycles. The number of likely N-dealkylation sites (N-methyl/N-ethyl adjacent to an activating group) is 1. The Bertz CT molecular complexity index is 759. The number of anilines is 1. The van der Waals surface area contributed by atoms with Gasteiger partial charge in [0.2, 0.25) is 10.0 Å². The van der Waals surface area contributed by atoms with Gasteiger partial charge >= 0.3 is 0 Å². The number of rotatable bonds is 8. The van der Waals surface area contributed by atoms with E-state index < -0.39 is 10.0 Å². The number of hydrogen-bond acceptors (Lipinski definition) is 5. The van der Waals surface area contributed by atoms with Crippen LogP contribution in [0.3, 0.4) is 0 Å². The van der Waals surface area contributed by atoms with Crippen molar-refractivity contribution in [3.8, 4) is 5.75 Å². The molecule has 7 heteroatoms. The van der Waals surface area contributed by atoms with Crippen LogP contribution in [0.25, 0.3) is 0 Å². The number of benzene rings is 2. The van der Waals surface area contributed by atoms with E-state index in [-0.39, 0.29) is 11.4 Å². The van der Waals surface area contributed by atoms with Gasteiger partial charge in [-0.05, 0) is 44.4 Å². The monoisotopic (exact) mass is 349 g/mol. The number of nitrogens with two attached hydrogens (primary N) is 1. The fourth-order valence-electron chi connectivity index (χ4n) is 2.03. The Morgan fingerprint density at radius 2 is 1.75 bits per heavy atom. The zero-order valence-corrected chi connectivity index (χ0v) is 14.7. The maximum absolute atomic E-state index is 12.3. The van der Waals surface area contributed by atoms with E-state index in [2.05, 4.69) is 4.72 Å². The van der Waals surface area contributed by atoms with E-state index in [4.69, 9.17) is 10.5 Å². The van der Waals surface area contributed by atoms with Crippen LogP contribution >= 0.6 is 0 Å². The average Bonchev–Trinajstić information content (AvgIpc) is 2.54. The molecule has 2 aromatic rings. The Labute approximate surface area is 143 Å². The van der Waals surface area contributed by atoms with Gasteiger partial charge in [0.15, 0.2) is 0 Å². The Kier molecular flexibility index (Phi) is 6.19. The number of para-hydroxylation sites is 1. The lowest BCUT2D eigenvalue weighted by molar-refractivity contribution is 0.259. The molecule has 2 rings (SSSR count). The molecule has 0 amide bonds. The summed E-state index contributed by atoms with van der Waals surface area (Å²) in [5.74, 6) is 0.680. The second-order valence-corrected chi connectivity index (χ2v) is 7.42. The topological polar surface area (TPSA) is 84.7 Å². The van der Waals surface area contributed by atoms with Gasteiger partial charge in [0.1, 0.15) is 12.4 Å². The van der Waals surface area contributed by atoms with Crippen LogP contribution in [0, 0.1) is 0 Å². The SMILES string of the molecule is CN(C)CCOc1ccccc1CNS(=O)(=O)c1ccc(N)cc1. The summed E-state index contributed by atoms with van der Waals surface area (Å²) >= 11 is 0. The number of sulfonamides is 1. The second kappa shape index (κ2) is 8.14. The van der Waals surface area contributed by atoms with Crippen LogP contribution in [0.15, 0.2) is 53.4 Å². The van der Waals surface area contributed by atoms with Gasteiger partial charge in [-0.25, -0.2) is 13.1 Å². The van der Waals surface area contributed by atoms with Gasteiger partial charge < -0.3 is 15.4 Å². The predicted molar refractivity (Wildman–Crippen MR) is 95.4 cm³/mol. The van der Waals surface area contributed by atoms with Gasteiger partial charge in [0.05, 0.1) is 4.90 Å². The molecule has 0 atom stereocenters. The van der Waals surface area contributed by atoms with E-state index in [9.17, 15) is 8.42 Å². The van der Waals surface area contributed by atoms with E-state index in [0.29, 0.717) is 18.0 Å². The van der Waals surface area contributed by atoms with E-state index in [0.717, 1.165) is 12.1 Å². The molecule has 0 unspecified atom stereocenters. The molecule has 2 aromatic carbocycles. The van der Waals surface area contributed by atoms with Crippen LogP contribution in [0.4, 0.5) is 5.69 Å². The molecule has 0 radical (unpaired) electrons. The molecule has 6 nitrogen and oxygen atoms in total. The molecule has 0 aliphatic carbocycles. The van der Waals surface area contributed by atoms with Crippen molar-refractivity contribution >= 4 is 15.7 Å². The summed E-state index contributed by atoms with van der Waals surface area (Å²) in [7, 11) is 0.341. The number of nitrogen functional groups attached to an aromatic ring is 1. The van der Waals surface area contributed by atoms with Crippen LogP contribution in [0.5, 0.6) is 5.75 Å². The maximum Gasteiger partial charge on any atom is 0.240 e. The lowest BCUT2D eigenvalue weighted by Gasteiger charge is -2.14. The van der Waals surface area contributed by atoms with Gasteiger partial charge in [0.25, 0.3) is 0 Å². The zero-order valence-electron chi connectivity index (χ0n) is 13.9. The highest BCUT2D eigenvalue weighted by Gasteiger charge is 2.14. The highest BCUT2D eigenvalue weighted by atomic mass is 32.2. The predicted octanol–water partition coefficient (Wildman–Crippen LogP) is 1.69. The Balaban J connectivity index is 2.04. The fraction of sp³-hybridized carbons (Fsp3) is 0.294. The van der Waals surface area contributed by atoms with Crippen LogP contribution < -0.4 is 15.2 Å². The molecule has 0 aliphatic heterocycles. The number of ether oxygens (including phenoxy) is 1. The van der Waals surface area contributed by atoms with Crippen molar-refractivity contribution in [2.45, 2.75) is 11.4 Å². The van der Waals surface area contributed by atoms with Gasteiger partial charge in [-0.1, -0.05) is 18.2 Å². The molecule has 130 valence electrons. The molecule has 24 heavy (non-hydrogen) atoms. The smallest absolute Gasteiger partial charge is 0.240 e. The highest BCUT2D eigenvalue weighted by molar-refractivity contribution is 7.89. The molecule has 0 fully saturated rings. The van der Waals surface area contributed by atoms with Crippen molar-refractivity contribution in [3.05, 3.63) is 54.1 Å². The number of hydrogen-bond donors (Lipinski definition) is 2. The summed E-state index contributed by atoms with van der Waals surface area (Å²) in [6.45, 7) is 1.48. The molecule has 0 aliphatic rings. The average molecular weight is 349 g/mol. The summed E-state index contributed by atoms with van der Waals surface area (Å²) in [4.78, 5) is 2.20. The first kappa shape index (κ1) is 18.3. The quantitative estimate of drug-likeness (QED) is 0.709. The number of nitrogens with zero attached hydrogens (tertiary/aromatic N) is 1. The molecular weight excluding hydrogens is 326 g/mol. The summed E-state index contributed by atoms with van der Waals surface area (Å²) in [5, 5.41) is 0. The normalized spacial score (nSPS) is 11.6. The first-order valence-electron chi connectivity index (χ1n) is 7.59. The Hall–Kier alpha value is -2.09. The van der Waals surface area contributed by atoms with E-state index >= 15 is 0 Å². The van der Waals surface area contributed by atoms with Crippen molar-refractivity contribution in [2.75, 3.05) is 33.0 Å². The minimum absolute atomic E-state index is 0.158. The van der Waals surface area contributed by atoms with Gasteiger partial charge in [-0.15, -0.1) is 0 Å². The van der Waals surface area contributed by atoms with Gasteiger partial charge in [-0.3, -0.25) is 0 Å². The van der Waals surface area contributed by atoms with Crippen molar-refractivity contribution in [1.29, 1.82) is 0 Å². The third kappa shape index (κ3) is 5.23. The zero-order chi connectivity index (χ0) is 17.6. The summed E-state index contributed by atoms with van der Waals surface area (Å²) in [5.41, 5.74) is 6.90. The van der Waals surface area contributed by atoms with Gasteiger partial charge in [-0.2, -0.15) is 0 Å². The summed E-state index contributed by atoms with van der Waals surface area (Å²) < 4.78 is 33.0. The Morgan fingerprint density at radius 3 is 2.42 bits per heavy atom. The van der Waals surface area contributed by atoms with Crippen LogP contribution in [-0.2, 0) is 16.6 Å². The molecule has 0 bridgehead atoms. The van der Waals surface area contributed by atoms with Crippen molar-refractivity contribution < 1.29 is 13.2 Å². The van der Waals surface area contributed by atoms with Crippen molar-refractivity contribution in [1.82, 2.24) is 9.62 Å². The molecule has 0 saturated heterocycles. The lowest BCUT2D eigenvalue weighted by atomic mass is 10.2. The summed E-state index contributed by atoms with van der Waals surface area (Å²) in [6, 6.07) is 13.5. The van der Waals surface area contributed by atoms with Crippen LogP contribution in [0.2, 0.25) is 0 Å². The van der Waals surface area contributed by atoms with Crippen LogP contribution in [-0.4, -0.2) is 40.6 Å². The van der Waals surface area contributed by atoms with E-state index in [1.807, 2.05) is 43.3 Å². The molecular formula is C17H23N3O3S. The lowest BCUT2D eigenvalue weighted by Crippen LogP contribution is -2.24. The largest absolute Gasteiger partial charge is 0.492 e. The fourth-order valence-corrected chi connectivity index (χ4v) is 3.04. The standard InChI is InChI=1S/C17H23N3O3S/c1-20(2)11-12-23-17-6-4-3-5-14(17)13-19-24(21,22)16-9-7-15(18)8-10-16/h3-10,19H,11-13,18H2,1-2H3. The third-order valence-electron chi connectivity index (χ3n) is 3.41. The highest BCUT2D eigenvalue weighted by Crippen LogP contribution is 2.19. The Morgan fingerprint density at radius 1 is 1.08 bits per heavy atom. The van der Waals surface area contributed by atoms with Gasteiger partial charge in [0, 0.05) is 24.3 Å².